The Hall–Kier alpha value is -1.39. The molecule has 1 amide bonds. The number of para-hydroxylation sites is 1. The van der Waals surface area contributed by atoms with Gasteiger partial charge in [0.15, 0.2) is 0 Å². The lowest BCUT2D eigenvalue weighted by Gasteiger charge is -2.34. The maximum Gasteiger partial charge on any atom is 0.228 e. The molecule has 0 saturated carbocycles. The summed E-state index contributed by atoms with van der Waals surface area (Å²) in [5, 5.41) is 12.7. The average Bonchev–Trinajstić information content (AvgIpc) is 2.41. The molecule has 1 atom stereocenters. The molecule has 0 bridgehead atoms. The number of carbonyl (C=O) groups is 1. The lowest BCUT2D eigenvalue weighted by atomic mass is 9.91. The lowest BCUT2D eigenvalue weighted by molar-refractivity contribution is -0.119. The number of fused-ring (bicyclic) bond motifs is 1. The van der Waals surface area contributed by atoms with Crippen molar-refractivity contribution in [3.63, 3.8) is 0 Å². The van der Waals surface area contributed by atoms with Gasteiger partial charge in [-0.3, -0.25) is 4.79 Å². The van der Waals surface area contributed by atoms with E-state index in [-0.39, 0.29) is 24.0 Å². The van der Waals surface area contributed by atoms with Gasteiger partial charge in [-0.15, -0.1) is 0 Å². The van der Waals surface area contributed by atoms with Gasteiger partial charge in [-0.1, -0.05) is 32.0 Å². The van der Waals surface area contributed by atoms with Crippen molar-refractivity contribution in [3.05, 3.63) is 29.8 Å². The van der Waals surface area contributed by atoms with E-state index >= 15 is 0 Å². The fraction of sp³-hybridized carbons (Fsp3) is 0.533. The second-order valence-corrected chi connectivity index (χ2v) is 5.97. The van der Waals surface area contributed by atoms with E-state index in [0.717, 1.165) is 11.3 Å². The Labute approximate surface area is 114 Å². The second-order valence-electron chi connectivity index (χ2n) is 5.97. The predicted octanol–water partition coefficient (Wildman–Crippen LogP) is 1.70. The summed E-state index contributed by atoms with van der Waals surface area (Å²) in [5.41, 5.74) is 1.94. The number of aliphatic hydroxyl groups is 1. The minimum absolute atomic E-state index is 0.0331. The van der Waals surface area contributed by atoms with Crippen LogP contribution in [-0.2, 0) is 4.79 Å². The number of nitrogens with one attached hydrogen (secondary N) is 1. The van der Waals surface area contributed by atoms with Crippen molar-refractivity contribution >= 4 is 11.6 Å². The summed E-state index contributed by atoms with van der Waals surface area (Å²) < 4.78 is 0. The first-order valence-electron chi connectivity index (χ1n) is 6.64. The van der Waals surface area contributed by atoms with Gasteiger partial charge in [-0.05, 0) is 11.6 Å². The van der Waals surface area contributed by atoms with Gasteiger partial charge in [-0.2, -0.15) is 0 Å². The van der Waals surface area contributed by atoms with Gasteiger partial charge in [0.25, 0.3) is 0 Å². The highest BCUT2D eigenvalue weighted by molar-refractivity contribution is 5.96. The molecule has 19 heavy (non-hydrogen) atoms. The number of aliphatic hydroxyl groups excluding tert-OH is 1. The summed E-state index contributed by atoms with van der Waals surface area (Å²) in [7, 11) is 1.81. The fourth-order valence-corrected chi connectivity index (χ4v) is 2.28. The number of hydrogen-bond acceptors (Lipinski definition) is 3. The Morgan fingerprint density at radius 3 is 2.79 bits per heavy atom. The van der Waals surface area contributed by atoms with Crippen LogP contribution in [0.4, 0.5) is 5.69 Å². The molecule has 1 aromatic rings. The third-order valence-electron chi connectivity index (χ3n) is 3.68. The van der Waals surface area contributed by atoms with Gasteiger partial charge in [-0.25, -0.2) is 0 Å². The normalized spacial score (nSPS) is 19.5. The fourth-order valence-electron chi connectivity index (χ4n) is 2.28. The number of carbonyl (C=O) groups excluding carboxylic acids is 1. The van der Waals surface area contributed by atoms with Crippen molar-refractivity contribution < 1.29 is 9.90 Å². The zero-order valence-corrected chi connectivity index (χ0v) is 11.8. The van der Waals surface area contributed by atoms with Crippen molar-refractivity contribution in [1.82, 2.24) is 5.32 Å². The highest BCUT2D eigenvalue weighted by atomic mass is 16.3. The molecule has 4 nitrogen and oxygen atoms in total. The molecule has 2 rings (SSSR count). The van der Waals surface area contributed by atoms with Crippen LogP contribution >= 0.6 is 0 Å². The van der Waals surface area contributed by atoms with Crippen LogP contribution in [-0.4, -0.2) is 31.2 Å². The van der Waals surface area contributed by atoms with Crippen LogP contribution in [0.25, 0.3) is 0 Å². The van der Waals surface area contributed by atoms with E-state index < -0.39 is 0 Å². The average molecular weight is 262 g/mol. The first kappa shape index (κ1) is 14.0. The van der Waals surface area contributed by atoms with Gasteiger partial charge >= 0.3 is 0 Å². The molecule has 1 aliphatic heterocycles. The predicted molar refractivity (Wildman–Crippen MR) is 76.1 cm³/mol. The van der Waals surface area contributed by atoms with Crippen LogP contribution in [0.2, 0.25) is 0 Å². The Morgan fingerprint density at radius 1 is 1.42 bits per heavy atom. The number of nitrogens with zero attached hydrogens (tertiary/aromatic N) is 1. The Morgan fingerprint density at radius 2 is 2.11 bits per heavy atom. The van der Waals surface area contributed by atoms with Gasteiger partial charge in [0.05, 0.1) is 0 Å². The van der Waals surface area contributed by atoms with E-state index in [2.05, 4.69) is 11.4 Å². The van der Waals surface area contributed by atoms with Gasteiger partial charge < -0.3 is 15.3 Å². The summed E-state index contributed by atoms with van der Waals surface area (Å²) in [6.45, 7) is 4.81. The van der Waals surface area contributed by atoms with Crippen LogP contribution in [0.1, 0.15) is 31.9 Å². The third-order valence-corrected chi connectivity index (χ3v) is 3.68. The van der Waals surface area contributed by atoms with E-state index in [1.165, 1.54) is 0 Å². The SMILES string of the molecule is CN1C(=O)CC(NCC(C)(C)CO)c2ccccc21. The van der Waals surface area contributed by atoms with Crippen molar-refractivity contribution in [2.75, 3.05) is 25.1 Å². The van der Waals surface area contributed by atoms with Crippen LogP contribution in [0.15, 0.2) is 24.3 Å². The van der Waals surface area contributed by atoms with E-state index in [4.69, 9.17) is 0 Å². The summed E-state index contributed by atoms with van der Waals surface area (Å²) >= 11 is 0. The molecule has 1 heterocycles. The van der Waals surface area contributed by atoms with E-state index in [1.54, 1.807) is 4.90 Å². The topological polar surface area (TPSA) is 52.6 Å². The smallest absolute Gasteiger partial charge is 0.228 e. The Bertz CT molecular complexity index is 471. The van der Waals surface area contributed by atoms with Gasteiger partial charge in [0.2, 0.25) is 5.91 Å². The molecular formula is C15H22N2O2. The Kier molecular flexibility index (Phi) is 3.92. The maximum absolute atomic E-state index is 12.0. The second kappa shape index (κ2) is 5.31. The van der Waals surface area contributed by atoms with E-state index in [0.29, 0.717) is 13.0 Å². The summed E-state index contributed by atoms with van der Waals surface area (Å²) in [6.07, 6.45) is 0.467. The molecule has 1 aliphatic rings. The zero-order chi connectivity index (χ0) is 14.0. The standard InChI is InChI=1S/C15H22N2O2/c1-15(2,10-18)9-16-12-8-14(19)17(3)13-7-5-4-6-11(12)13/h4-7,12,16,18H,8-10H2,1-3H3. The highest BCUT2D eigenvalue weighted by Crippen LogP contribution is 2.33. The van der Waals surface area contributed by atoms with Crippen molar-refractivity contribution in [2.45, 2.75) is 26.3 Å². The lowest BCUT2D eigenvalue weighted by Crippen LogP contribution is -2.41. The van der Waals surface area contributed by atoms with Crippen molar-refractivity contribution in [3.8, 4) is 0 Å². The molecule has 0 aromatic heterocycles. The molecular weight excluding hydrogens is 240 g/mol. The summed E-state index contributed by atoms with van der Waals surface area (Å²) in [5.74, 6) is 0.123. The van der Waals surface area contributed by atoms with Crippen LogP contribution in [0.3, 0.4) is 0 Å². The monoisotopic (exact) mass is 262 g/mol. The van der Waals surface area contributed by atoms with Gasteiger partial charge in [0.1, 0.15) is 0 Å². The van der Waals surface area contributed by atoms with Gasteiger partial charge in [0, 0.05) is 43.8 Å². The molecule has 2 N–H and O–H groups in total. The maximum atomic E-state index is 12.0. The largest absolute Gasteiger partial charge is 0.396 e. The quantitative estimate of drug-likeness (QED) is 0.868. The molecule has 0 spiro atoms. The minimum atomic E-state index is -0.179. The molecule has 0 radical (unpaired) electrons. The molecule has 1 unspecified atom stereocenters. The van der Waals surface area contributed by atoms with Crippen LogP contribution in [0.5, 0.6) is 0 Å². The molecule has 1 aromatic carbocycles. The van der Waals surface area contributed by atoms with E-state index in [9.17, 15) is 9.90 Å². The van der Waals surface area contributed by atoms with Crippen LogP contribution in [0, 0.1) is 5.41 Å². The molecule has 104 valence electrons. The number of rotatable bonds is 4. The first-order chi connectivity index (χ1) is 8.94. The summed E-state index contributed by atoms with van der Waals surface area (Å²) in [4.78, 5) is 13.7. The molecule has 0 fully saturated rings. The Balaban J connectivity index is 2.18. The molecule has 0 aliphatic carbocycles. The molecule has 0 saturated heterocycles. The third kappa shape index (κ3) is 2.96. The first-order valence-corrected chi connectivity index (χ1v) is 6.64. The zero-order valence-electron chi connectivity index (χ0n) is 11.8. The summed E-state index contributed by atoms with van der Waals surface area (Å²) in [6, 6.07) is 8.00. The van der Waals surface area contributed by atoms with Crippen LogP contribution < -0.4 is 10.2 Å². The van der Waals surface area contributed by atoms with Crippen molar-refractivity contribution in [2.24, 2.45) is 5.41 Å². The number of benzene rings is 1. The minimum Gasteiger partial charge on any atom is -0.396 e. The number of hydrogen-bond donors (Lipinski definition) is 2. The highest BCUT2D eigenvalue weighted by Gasteiger charge is 2.29. The molecule has 4 heteroatoms. The number of anilines is 1. The number of amides is 1. The van der Waals surface area contributed by atoms with E-state index in [1.807, 2.05) is 39.1 Å². The van der Waals surface area contributed by atoms with Crippen molar-refractivity contribution in [1.29, 1.82) is 0 Å².